The average molecular weight is 298 g/mol. The number of para-hydroxylation sites is 1. The minimum absolute atomic E-state index is 0.171. The van der Waals surface area contributed by atoms with Gasteiger partial charge in [-0.25, -0.2) is 0 Å². The highest BCUT2D eigenvalue weighted by atomic mass is 32.2. The van der Waals surface area contributed by atoms with Crippen LogP contribution in [0.25, 0.3) is 0 Å². The van der Waals surface area contributed by atoms with Crippen LogP contribution in [0.1, 0.15) is 20.7 Å². The summed E-state index contributed by atoms with van der Waals surface area (Å²) in [5, 5.41) is 3.17. The minimum atomic E-state index is -0.246. The van der Waals surface area contributed by atoms with E-state index in [0.717, 1.165) is 10.6 Å². The van der Waals surface area contributed by atoms with Gasteiger partial charge in [-0.2, -0.15) is 0 Å². The fourth-order valence-corrected chi connectivity index (χ4v) is 2.91. The molecule has 1 N–H and O–H groups in total. The van der Waals surface area contributed by atoms with Crippen molar-refractivity contribution in [2.75, 3.05) is 18.2 Å². The molecule has 4 nitrogen and oxygen atoms in total. The van der Waals surface area contributed by atoms with Gasteiger partial charge in [0.2, 0.25) is 0 Å². The summed E-state index contributed by atoms with van der Waals surface area (Å²) in [6, 6.07) is 14.7. The maximum Gasteiger partial charge on any atom is 0.263 e. The Kier molecular flexibility index (Phi) is 3.66. The van der Waals surface area contributed by atoms with Crippen LogP contribution < -0.4 is 5.32 Å². The second kappa shape index (κ2) is 5.61. The lowest BCUT2D eigenvalue weighted by Gasteiger charge is -2.17. The molecular weight excluding hydrogens is 284 g/mol. The molecule has 0 fully saturated rings. The van der Waals surface area contributed by atoms with Gasteiger partial charge in [0, 0.05) is 10.6 Å². The van der Waals surface area contributed by atoms with Crippen LogP contribution in [-0.2, 0) is 0 Å². The number of nitrogens with zero attached hydrogens (tertiary/aromatic N) is 1. The molecule has 2 aromatic carbocycles. The molecule has 1 aliphatic heterocycles. The SMILES string of the molecule is CSc1ccccc1NCN1C(=O)c2ccccc2C1=O. The Morgan fingerprint density at radius 1 is 0.952 bits per heavy atom. The lowest BCUT2D eigenvalue weighted by Crippen LogP contribution is -2.34. The van der Waals surface area contributed by atoms with Gasteiger partial charge in [0.15, 0.2) is 0 Å². The molecule has 5 heteroatoms. The summed E-state index contributed by atoms with van der Waals surface area (Å²) in [4.78, 5) is 26.8. The second-order valence-corrected chi connectivity index (χ2v) is 5.47. The summed E-state index contributed by atoms with van der Waals surface area (Å²) in [5.41, 5.74) is 1.87. The van der Waals surface area contributed by atoms with Gasteiger partial charge in [-0.15, -0.1) is 11.8 Å². The third-order valence-electron chi connectivity index (χ3n) is 3.41. The zero-order valence-electron chi connectivity index (χ0n) is 11.5. The molecule has 0 atom stereocenters. The van der Waals surface area contributed by atoms with Crippen molar-refractivity contribution < 1.29 is 9.59 Å². The van der Waals surface area contributed by atoms with E-state index in [0.29, 0.717) is 11.1 Å². The number of carbonyl (C=O) groups is 2. The van der Waals surface area contributed by atoms with E-state index < -0.39 is 0 Å². The van der Waals surface area contributed by atoms with Crippen molar-refractivity contribution in [2.24, 2.45) is 0 Å². The highest BCUT2D eigenvalue weighted by Crippen LogP contribution is 2.26. The van der Waals surface area contributed by atoms with Crippen LogP contribution in [-0.4, -0.2) is 29.6 Å². The highest BCUT2D eigenvalue weighted by Gasteiger charge is 2.34. The number of fused-ring (bicyclic) bond motifs is 1. The zero-order chi connectivity index (χ0) is 14.8. The van der Waals surface area contributed by atoms with Crippen molar-refractivity contribution in [3.63, 3.8) is 0 Å². The number of thioether (sulfide) groups is 1. The van der Waals surface area contributed by atoms with Crippen LogP contribution in [0.3, 0.4) is 0 Å². The van der Waals surface area contributed by atoms with E-state index in [-0.39, 0.29) is 18.5 Å². The van der Waals surface area contributed by atoms with E-state index in [4.69, 9.17) is 0 Å². The molecular formula is C16H14N2O2S. The Bertz CT molecular complexity index is 680. The molecule has 21 heavy (non-hydrogen) atoms. The third-order valence-corrected chi connectivity index (χ3v) is 4.21. The van der Waals surface area contributed by atoms with E-state index >= 15 is 0 Å². The van der Waals surface area contributed by atoms with E-state index in [1.807, 2.05) is 30.5 Å². The Labute approximate surface area is 127 Å². The molecule has 2 aromatic rings. The fourth-order valence-electron chi connectivity index (χ4n) is 2.34. The first kappa shape index (κ1) is 13.7. The van der Waals surface area contributed by atoms with E-state index in [1.54, 1.807) is 36.0 Å². The quantitative estimate of drug-likeness (QED) is 0.696. The molecule has 1 heterocycles. The molecule has 3 rings (SSSR count). The maximum atomic E-state index is 12.2. The molecule has 1 aliphatic rings. The van der Waals surface area contributed by atoms with Crippen molar-refractivity contribution in [3.05, 3.63) is 59.7 Å². The van der Waals surface area contributed by atoms with Crippen LogP contribution in [0, 0.1) is 0 Å². The normalized spacial score (nSPS) is 13.5. The number of amides is 2. The number of anilines is 1. The van der Waals surface area contributed by atoms with Gasteiger partial charge < -0.3 is 5.32 Å². The van der Waals surface area contributed by atoms with Crippen LogP contribution >= 0.6 is 11.8 Å². The number of nitrogens with one attached hydrogen (secondary N) is 1. The molecule has 0 aliphatic carbocycles. The van der Waals surface area contributed by atoms with Crippen LogP contribution in [0.4, 0.5) is 5.69 Å². The number of hydrogen-bond donors (Lipinski definition) is 1. The summed E-state index contributed by atoms with van der Waals surface area (Å²) in [5.74, 6) is -0.491. The van der Waals surface area contributed by atoms with Crippen LogP contribution in [0.2, 0.25) is 0 Å². The average Bonchev–Trinajstić information content (AvgIpc) is 2.78. The molecule has 0 radical (unpaired) electrons. The Hall–Kier alpha value is -2.27. The summed E-state index contributed by atoms with van der Waals surface area (Å²) < 4.78 is 0. The van der Waals surface area contributed by atoms with Gasteiger partial charge in [0.1, 0.15) is 0 Å². The number of hydrogen-bond acceptors (Lipinski definition) is 4. The number of rotatable bonds is 4. The predicted molar refractivity (Wildman–Crippen MR) is 83.7 cm³/mol. The summed E-state index contributed by atoms with van der Waals surface area (Å²) >= 11 is 1.62. The first-order valence-electron chi connectivity index (χ1n) is 6.54. The third kappa shape index (κ3) is 2.40. The number of carbonyl (C=O) groups excluding carboxylic acids is 2. The fraction of sp³-hybridized carbons (Fsp3) is 0.125. The first-order chi connectivity index (χ1) is 10.2. The van der Waals surface area contributed by atoms with Gasteiger partial charge in [0.05, 0.1) is 17.8 Å². The largest absolute Gasteiger partial charge is 0.366 e. The van der Waals surface area contributed by atoms with Gasteiger partial charge in [-0.05, 0) is 30.5 Å². The monoisotopic (exact) mass is 298 g/mol. The van der Waals surface area contributed by atoms with Crippen LogP contribution in [0.15, 0.2) is 53.4 Å². The predicted octanol–water partition coefficient (Wildman–Crippen LogP) is 3.07. The van der Waals surface area contributed by atoms with Crippen LogP contribution in [0.5, 0.6) is 0 Å². The van der Waals surface area contributed by atoms with E-state index in [2.05, 4.69) is 5.32 Å². The summed E-state index contributed by atoms with van der Waals surface area (Å²) in [6.07, 6.45) is 1.99. The van der Waals surface area contributed by atoms with E-state index in [9.17, 15) is 9.59 Å². The Balaban J connectivity index is 1.78. The first-order valence-corrected chi connectivity index (χ1v) is 7.77. The second-order valence-electron chi connectivity index (χ2n) is 4.62. The summed E-state index contributed by atoms with van der Waals surface area (Å²) in [6.45, 7) is 0.171. The molecule has 2 amide bonds. The van der Waals surface area contributed by atoms with Crippen molar-refractivity contribution in [3.8, 4) is 0 Å². The standard InChI is InChI=1S/C16H14N2O2S/c1-21-14-9-5-4-8-13(14)17-10-18-15(19)11-6-2-3-7-12(11)16(18)20/h2-9,17H,10H2,1H3. The zero-order valence-corrected chi connectivity index (χ0v) is 12.3. The van der Waals surface area contributed by atoms with E-state index in [1.165, 1.54) is 4.90 Å². The highest BCUT2D eigenvalue weighted by molar-refractivity contribution is 7.98. The smallest absolute Gasteiger partial charge is 0.263 e. The van der Waals surface area contributed by atoms with Gasteiger partial charge in [-0.3, -0.25) is 14.5 Å². The number of imide groups is 1. The molecule has 106 valence electrons. The van der Waals surface area contributed by atoms with Gasteiger partial charge in [-0.1, -0.05) is 24.3 Å². The topological polar surface area (TPSA) is 49.4 Å². The van der Waals surface area contributed by atoms with Crippen molar-refractivity contribution >= 4 is 29.3 Å². The van der Waals surface area contributed by atoms with Gasteiger partial charge >= 0.3 is 0 Å². The Morgan fingerprint density at radius 2 is 1.52 bits per heavy atom. The molecule has 0 saturated carbocycles. The Morgan fingerprint density at radius 3 is 2.14 bits per heavy atom. The summed E-state index contributed by atoms with van der Waals surface area (Å²) in [7, 11) is 0. The lowest BCUT2D eigenvalue weighted by atomic mass is 10.1. The molecule has 0 bridgehead atoms. The molecule has 0 spiro atoms. The van der Waals surface area contributed by atoms with Crippen molar-refractivity contribution in [2.45, 2.75) is 4.90 Å². The molecule has 0 unspecified atom stereocenters. The van der Waals surface area contributed by atoms with Crippen molar-refractivity contribution in [1.82, 2.24) is 4.90 Å². The van der Waals surface area contributed by atoms with Gasteiger partial charge in [0.25, 0.3) is 11.8 Å². The molecule has 0 aromatic heterocycles. The number of benzene rings is 2. The minimum Gasteiger partial charge on any atom is -0.366 e. The maximum absolute atomic E-state index is 12.2. The lowest BCUT2D eigenvalue weighted by molar-refractivity contribution is 0.0665. The van der Waals surface area contributed by atoms with Crippen molar-refractivity contribution in [1.29, 1.82) is 0 Å². The molecule has 0 saturated heterocycles.